The van der Waals surface area contributed by atoms with Crippen molar-refractivity contribution in [3.8, 4) is 0 Å². The van der Waals surface area contributed by atoms with Crippen LogP contribution >= 0.6 is 0 Å². The van der Waals surface area contributed by atoms with Crippen molar-refractivity contribution in [1.29, 1.82) is 0 Å². The number of hydrogen-bond acceptors (Lipinski definition) is 7. The van der Waals surface area contributed by atoms with Gasteiger partial charge < -0.3 is 24.3 Å². The number of ether oxygens (including phenoxy) is 1. The first-order chi connectivity index (χ1) is 17.1. The van der Waals surface area contributed by atoms with Crippen LogP contribution in [-0.2, 0) is 20.7 Å². The molecule has 2 saturated heterocycles. The third-order valence-electron chi connectivity index (χ3n) is 7.19. The van der Waals surface area contributed by atoms with Gasteiger partial charge in [-0.15, -0.1) is 0 Å². The minimum Gasteiger partial charge on any atom is -0.444 e. The zero-order valence-electron chi connectivity index (χ0n) is 21.6. The van der Waals surface area contributed by atoms with Crippen molar-refractivity contribution in [2.75, 3.05) is 53.1 Å². The van der Waals surface area contributed by atoms with E-state index in [4.69, 9.17) is 4.74 Å². The molecule has 0 radical (unpaired) electrons. The minimum atomic E-state index is -0.605. The fraction of sp³-hybridized carbons (Fsp3) is 0.577. The van der Waals surface area contributed by atoms with E-state index in [0.29, 0.717) is 46.1 Å². The van der Waals surface area contributed by atoms with Crippen LogP contribution in [0, 0.1) is 0 Å². The van der Waals surface area contributed by atoms with Gasteiger partial charge in [0.25, 0.3) is 5.91 Å². The number of piperazine rings is 1. The summed E-state index contributed by atoms with van der Waals surface area (Å²) in [6, 6.07) is 7.69. The second-order valence-corrected chi connectivity index (χ2v) is 11.0. The number of nitrogens with zero attached hydrogens (tertiary/aromatic N) is 6. The molecule has 36 heavy (non-hydrogen) atoms. The number of fused-ring (bicyclic) bond motifs is 2. The van der Waals surface area contributed by atoms with Crippen molar-refractivity contribution in [1.82, 2.24) is 29.6 Å². The molecule has 10 nitrogen and oxygen atoms in total. The van der Waals surface area contributed by atoms with E-state index >= 15 is 0 Å². The molecular formula is C26H36N6O4. The Morgan fingerprint density at radius 3 is 2.44 bits per heavy atom. The third kappa shape index (κ3) is 4.74. The maximum Gasteiger partial charge on any atom is 0.410 e. The molecule has 4 aliphatic heterocycles. The smallest absolute Gasteiger partial charge is 0.410 e. The van der Waals surface area contributed by atoms with Crippen LogP contribution in [0.15, 0.2) is 36.2 Å². The quantitative estimate of drug-likeness (QED) is 0.632. The highest BCUT2D eigenvalue weighted by Crippen LogP contribution is 2.34. The van der Waals surface area contributed by atoms with Crippen LogP contribution < -0.4 is 0 Å². The lowest BCUT2D eigenvalue weighted by molar-refractivity contribution is -0.148. The van der Waals surface area contributed by atoms with Crippen LogP contribution in [0.2, 0.25) is 0 Å². The summed E-state index contributed by atoms with van der Waals surface area (Å²) in [5.41, 5.74) is 2.32. The number of carbonyl (C=O) groups is 3. The van der Waals surface area contributed by atoms with Crippen molar-refractivity contribution >= 4 is 17.9 Å². The topological polar surface area (TPSA) is 79.9 Å². The van der Waals surface area contributed by atoms with Gasteiger partial charge in [0, 0.05) is 46.0 Å². The number of amides is 3. The molecule has 0 aromatic heterocycles. The Balaban J connectivity index is 1.24. The molecule has 0 spiro atoms. The Morgan fingerprint density at radius 2 is 1.75 bits per heavy atom. The van der Waals surface area contributed by atoms with Gasteiger partial charge in [0.1, 0.15) is 18.0 Å². The zero-order chi connectivity index (χ0) is 25.6. The first kappa shape index (κ1) is 24.4. The van der Waals surface area contributed by atoms with Gasteiger partial charge in [-0.2, -0.15) is 0 Å². The maximum atomic E-state index is 13.4. The molecule has 0 aliphatic carbocycles. The van der Waals surface area contributed by atoms with E-state index in [1.54, 1.807) is 9.91 Å². The largest absolute Gasteiger partial charge is 0.444 e. The summed E-state index contributed by atoms with van der Waals surface area (Å²) < 4.78 is 5.68. The molecule has 1 aromatic rings. The van der Waals surface area contributed by atoms with Crippen LogP contribution in [0.4, 0.5) is 4.79 Å². The Bertz CT molecular complexity index is 1070. The SMILES string of the molecule is CN1C=C2C(=O)N(N3CCN(C(=O)CC4c5ccccc5CCN4C(=O)OC(C)(C)C)CC3)CN2C1. The van der Waals surface area contributed by atoms with E-state index < -0.39 is 5.60 Å². The van der Waals surface area contributed by atoms with Gasteiger partial charge in [-0.25, -0.2) is 14.8 Å². The monoisotopic (exact) mass is 496 g/mol. The van der Waals surface area contributed by atoms with Crippen molar-refractivity contribution < 1.29 is 19.1 Å². The summed E-state index contributed by atoms with van der Waals surface area (Å²) in [6.45, 7) is 9.64. The fourth-order valence-electron chi connectivity index (χ4n) is 5.46. The molecule has 5 rings (SSSR count). The second kappa shape index (κ2) is 9.31. The molecule has 0 N–H and O–H groups in total. The fourth-order valence-corrected chi connectivity index (χ4v) is 5.46. The van der Waals surface area contributed by atoms with E-state index in [1.165, 1.54) is 5.56 Å². The van der Waals surface area contributed by atoms with Gasteiger partial charge in [-0.05, 0) is 38.3 Å². The number of benzene rings is 1. The summed E-state index contributed by atoms with van der Waals surface area (Å²) in [7, 11) is 1.96. The van der Waals surface area contributed by atoms with Crippen LogP contribution in [0.25, 0.3) is 0 Å². The number of carbonyl (C=O) groups excluding carboxylic acids is 3. The molecule has 194 valence electrons. The van der Waals surface area contributed by atoms with Crippen LogP contribution in [0.3, 0.4) is 0 Å². The lowest BCUT2D eigenvalue weighted by Crippen LogP contribution is -2.56. The van der Waals surface area contributed by atoms with E-state index in [2.05, 4.69) is 11.0 Å². The zero-order valence-corrected chi connectivity index (χ0v) is 21.6. The van der Waals surface area contributed by atoms with E-state index in [-0.39, 0.29) is 30.4 Å². The van der Waals surface area contributed by atoms with E-state index in [0.717, 1.165) is 17.7 Å². The first-order valence-electron chi connectivity index (χ1n) is 12.7. The number of rotatable bonds is 3. The Labute approximate surface area is 212 Å². The normalized spacial score (nSPS) is 22.6. The molecule has 3 amide bonds. The second-order valence-electron chi connectivity index (χ2n) is 11.0. The third-order valence-corrected chi connectivity index (χ3v) is 7.19. The van der Waals surface area contributed by atoms with Crippen LogP contribution in [0.5, 0.6) is 0 Å². The van der Waals surface area contributed by atoms with Gasteiger partial charge in [-0.1, -0.05) is 24.3 Å². The average molecular weight is 497 g/mol. The van der Waals surface area contributed by atoms with Crippen molar-refractivity contribution in [2.45, 2.75) is 45.3 Å². The highest BCUT2D eigenvalue weighted by atomic mass is 16.6. The Kier molecular flexibility index (Phi) is 6.32. The molecule has 1 unspecified atom stereocenters. The minimum absolute atomic E-state index is 0.0163. The predicted octanol–water partition coefficient (Wildman–Crippen LogP) is 1.82. The predicted molar refractivity (Wildman–Crippen MR) is 133 cm³/mol. The highest BCUT2D eigenvalue weighted by molar-refractivity contribution is 5.94. The lowest BCUT2D eigenvalue weighted by atomic mass is 9.90. The van der Waals surface area contributed by atoms with E-state index in [9.17, 15) is 14.4 Å². The first-order valence-corrected chi connectivity index (χ1v) is 12.7. The summed E-state index contributed by atoms with van der Waals surface area (Å²) >= 11 is 0. The van der Waals surface area contributed by atoms with E-state index in [1.807, 2.05) is 67.0 Å². The molecular weight excluding hydrogens is 460 g/mol. The molecule has 2 fully saturated rings. The van der Waals surface area contributed by atoms with Crippen LogP contribution in [0.1, 0.15) is 44.4 Å². The standard InChI is InChI=1S/C26H36N6O4/c1-26(2,3)36-25(35)31-10-9-19-7-5-6-8-20(19)21(31)15-23(33)28-11-13-30(14-12-28)32-18-29-17-27(4)16-22(29)24(32)34/h5-8,16,21H,9-15,17-18H2,1-4H3. The Hall–Kier alpha value is -3.27. The molecule has 1 atom stereocenters. The van der Waals surface area contributed by atoms with Crippen molar-refractivity contribution in [2.24, 2.45) is 0 Å². The lowest BCUT2D eigenvalue weighted by Gasteiger charge is -2.41. The molecule has 1 aromatic carbocycles. The maximum absolute atomic E-state index is 13.4. The number of hydrogen-bond donors (Lipinski definition) is 0. The molecule has 0 bridgehead atoms. The van der Waals surface area contributed by atoms with Crippen molar-refractivity contribution in [3.05, 3.63) is 47.3 Å². The summed E-state index contributed by atoms with van der Waals surface area (Å²) in [5, 5.41) is 3.84. The molecule has 10 heteroatoms. The summed E-state index contributed by atoms with van der Waals surface area (Å²) in [4.78, 5) is 47.0. The average Bonchev–Trinajstić information content (AvgIpc) is 3.34. The van der Waals surface area contributed by atoms with Gasteiger partial charge in [0.05, 0.1) is 19.1 Å². The number of hydrazine groups is 1. The highest BCUT2D eigenvalue weighted by Gasteiger charge is 2.41. The van der Waals surface area contributed by atoms with Gasteiger partial charge in [0.2, 0.25) is 5.91 Å². The summed E-state index contributed by atoms with van der Waals surface area (Å²) in [6.07, 6.45) is 2.46. The molecule has 0 saturated carbocycles. The molecule has 4 heterocycles. The Morgan fingerprint density at radius 1 is 1.03 bits per heavy atom. The van der Waals surface area contributed by atoms with Crippen molar-refractivity contribution in [3.63, 3.8) is 0 Å². The van der Waals surface area contributed by atoms with Gasteiger partial charge in [0.15, 0.2) is 0 Å². The molecule has 4 aliphatic rings. The van der Waals surface area contributed by atoms with Crippen LogP contribution in [-0.4, -0.2) is 106 Å². The summed E-state index contributed by atoms with van der Waals surface area (Å²) in [5.74, 6) is 0.0357. The van der Waals surface area contributed by atoms with Gasteiger partial charge in [-0.3, -0.25) is 9.59 Å². The van der Waals surface area contributed by atoms with Gasteiger partial charge >= 0.3 is 6.09 Å².